The number of nitriles is 1. The molecule has 0 radical (unpaired) electrons. The molecule has 1 heterocycles. The quantitative estimate of drug-likeness (QED) is 0.338. The number of anilines is 2. The maximum atomic E-state index is 13.6. The van der Waals surface area contributed by atoms with Crippen LogP contribution in [0.3, 0.4) is 0 Å². The third kappa shape index (κ3) is 5.99. The topological polar surface area (TPSA) is 94.0 Å². The van der Waals surface area contributed by atoms with Gasteiger partial charge in [0, 0.05) is 22.6 Å². The fourth-order valence-corrected chi connectivity index (χ4v) is 5.38. The van der Waals surface area contributed by atoms with Gasteiger partial charge in [-0.3, -0.25) is 9.59 Å². The molecule has 6 nitrogen and oxygen atoms in total. The molecular formula is C31H30N4O2S. The van der Waals surface area contributed by atoms with Gasteiger partial charge in [-0.15, -0.1) is 0 Å². The predicted molar refractivity (Wildman–Crippen MR) is 154 cm³/mol. The van der Waals surface area contributed by atoms with Crippen LogP contribution >= 0.6 is 11.8 Å². The molecule has 0 fully saturated rings. The summed E-state index contributed by atoms with van der Waals surface area (Å²) in [7, 11) is 0. The van der Waals surface area contributed by atoms with Crippen molar-refractivity contribution in [1.29, 1.82) is 5.26 Å². The van der Waals surface area contributed by atoms with E-state index in [9.17, 15) is 14.9 Å². The second-order valence-electron chi connectivity index (χ2n) is 9.29. The van der Waals surface area contributed by atoms with Crippen LogP contribution < -0.4 is 16.0 Å². The number of nitrogens with one attached hydrogen (secondary N) is 3. The van der Waals surface area contributed by atoms with Crippen molar-refractivity contribution in [1.82, 2.24) is 5.32 Å². The predicted octanol–water partition coefficient (Wildman–Crippen LogP) is 6.32. The number of para-hydroxylation sites is 1. The fraction of sp³-hybridized carbons (Fsp3) is 0.194. The molecule has 1 aliphatic rings. The first-order valence-corrected chi connectivity index (χ1v) is 13.3. The van der Waals surface area contributed by atoms with E-state index in [1.165, 1.54) is 11.8 Å². The third-order valence-corrected chi connectivity index (χ3v) is 7.44. The number of thioether (sulfide) groups is 1. The molecule has 38 heavy (non-hydrogen) atoms. The summed E-state index contributed by atoms with van der Waals surface area (Å²) in [5.41, 5.74) is 6.89. The Morgan fingerprint density at radius 1 is 0.895 bits per heavy atom. The molecule has 3 aromatic carbocycles. The molecule has 1 atom stereocenters. The number of allylic oxidation sites excluding steroid dienone is 2. The first-order chi connectivity index (χ1) is 18.3. The summed E-state index contributed by atoms with van der Waals surface area (Å²) in [6, 6.07) is 25.3. The van der Waals surface area contributed by atoms with Crippen molar-refractivity contribution in [3.05, 3.63) is 117 Å². The molecule has 0 aromatic heterocycles. The summed E-state index contributed by atoms with van der Waals surface area (Å²) in [6.45, 7) is 7.72. The standard InChI is InChI=1S/C31H30N4O2S/c1-19-14-15-26(21(3)16-19)34-27(36)18-38-31-24(17-32)29(23-11-6-5-7-12-23)28(22(4)33-31)30(37)35-25-13-9-8-10-20(25)2/h5-16,29,33H,18H2,1-4H3,(H,34,36)(H,35,37)/t29-/m0/s1. The molecule has 3 N–H and O–H groups in total. The Labute approximate surface area is 227 Å². The smallest absolute Gasteiger partial charge is 0.254 e. The number of hydrogen-bond donors (Lipinski definition) is 3. The Balaban J connectivity index is 1.61. The van der Waals surface area contributed by atoms with Crippen molar-refractivity contribution in [2.24, 2.45) is 0 Å². The molecule has 0 spiro atoms. The highest BCUT2D eigenvalue weighted by molar-refractivity contribution is 8.03. The summed E-state index contributed by atoms with van der Waals surface area (Å²) >= 11 is 1.26. The van der Waals surface area contributed by atoms with E-state index in [2.05, 4.69) is 22.0 Å². The Morgan fingerprint density at radius 2 is 1.58 bits per heavy atom. The average Bonchev–Trinajstić information content (AvgIpc) is 2.90. The number of aryl methyl sites for hydroxylation is 3. The Hall–Kier alpha value is -4.28. The molecule has 1 aliphatic heterocycles. The maximum Gasteiger partial charge on any atom is 0.254 e. The van der Waals surface area contributed by atoms with Crippen molar-refractivity contribution in [2.45, 2.75) is 33.6 Å². The zero-order valence-corrected chi connectivity index (χ0v) is 22.7. The van der Waals surface area contributed by atoms with Crippen LogP contribution in [0.2, 0.25) is 0 Å². The van der Waals surface area contributed by atoms with Gasteiger partial charge in [-0.2, -0.15) is 5.26 Å². The minimum Gasteiger partial charge on any atom is -0.353 e. The average molecular weight is 523 g/mol. The van der Waals surface area contributed by atoms with Crippen molar-refractivity contribution in [3.8, 4) is 6.07 Å². The highest BCUT2D eigenvalue weighted by atomic mass is 32.2. The van der Waals surface area contributed by atoms with Gasteiger partial charge in [0.15, 0.2) is 0 Å². The summed E-state index contributed by atoms with van der Waals surface area (Å²) < 4.78 is 0. The van der Waals surface area contributed by atoms with E-state index in [4.69, 9.17) is 0 Å². The van der Waals surface area contributed by atoms with Crippen LogP contribution in [0.25, 0.3) is 0 Å². The van der Waals surface area contributed by atoms with Gasteiger partial charge in [0.05, 0.1) is 28.3 Å². The summed E-state index contributed by atoms with van der Waals surface area (Å²) in [5, 5.41) is 20.0. The van der Waals surface area contributed by atoms with Crippen molar-refractivity contribution < 1.29 is 9.59 Å². The Kier molecular flexibility index (Phi) is 8.35. The van der Waals surface area contributed by atoms with E-state index < -0.39 is 5.92 Å². The zero-order valence-electron chi connectivity index (χ0n) is 21.9. The van der Waals surface area contributed by atoms with Crippen molar-refractivity contribution in [2.75, 3.05) is 16.4 Å². The van der Waals surface area contributed by atoms with E-state index in [0.717, 1.165) is 33.6 Å². The maximum absolute atomic E-state index is 13.6. The van der Waals surface area contributed by atoms with Gasteiger partial charge in [0.1, 0.15) is 0 Å². The lowest BCUT2D eigenvalue weighted by Gasteiger charge is -2.30. The monoisotopic (exact) mass is 522 g/mol. The molecule has 0 saturated heterocycles. The second kappa shape index (κ2) is 11.8. The summed E-state index contributed by atoms with van der Waals surface area (Å²) in [4.78, 5) is 26.4. The highest BCUT2D eigenvalue weighted by Gasteiger charge is 2.35. The molecule has 0 unspecified atom stereocenters. The van der Waals surface area contributed by atoms with Gasteiger partial charge in [-0.05, 0) is 56.5 Å². The SMILES string of the molecule is CC1=C(C(=O)Nc2ccccc2C)[C@@H](c2ccccc2)C(C#N)=C(SCC(=O)Nc2ccc(C)cc2C)N1. The molecule has 0 saturated carbocycles. The lowest BCUT2D eigenvalue weighted by molar-refractivity contribution is -0.114. The molecule has 3 aromatic rings. The first kappa shape index (κ1) is 26.8. The van der Waals surface area contributed by atoms with Gasteiger partial charge in [0.2, 0.25) is 5.91 Å². The van der Waals surface area contributed by atoms with E-state index in [-0.39, 0.29) is 17.6 Å². The van der Waals surface area contributed by atoms with Crippen LogP contribution in [0.1, 0.15) is 35.1 Å². The van der Waals surface area contributed by atoms with Crippen LogP contribution in [-0.4, -0.2) is 17.6 Å². The lowest BCUT2D eigenvalue weighted by atomic mass is 9.82. The van der Waals surface area contributed by atoms with Gasteiger partial charge >= 0.3 is 0 Å². The molecular weight excluding hydrogens is 492 g/mol. The Bertz CT molecular complexity index is 1490. The van der Waals surface area contributed by atoms with E-state index in [0.29, 0.717) is 21.9 Å². The number of rotatable bonds is 7. The highest BCUT2D eigenvalue weighted by Crippen LogP contribution is 2.41. The normalized spacial score (nSPS) is 15.0. The molecule has 0 aliphatic carbocycles. The number of nitrogens with zero attached hydrogens (tertiary/aromatic N) is 1. The van der Waals surface area contributed by atoms with Crippen LogP contribution in [0.15, 0.2) is 94.7 Å². The van der Waals surface area contributed by atoms with E-state index in [1.54, 1.807) is 0 Å². The number of carbonyl (C=O) groups is 2. The van der Waals surface area contributed by atoms with E-state index in [1.807, 2.05) is 100 Å². The van der Waals surface area contributed by atoms with Crippen LogP contribution in [0.4, 0.5) is 11.4 Å². The minimum absolute atomic E-state index is 0.111. The largest absolute Gasteiger partial charge is 0.353 e. The first-order valence-electron chi connectivity index (χ1n) is 12.3. The number of benzene rings is 3. The van der Waals surface area contributed by atoms with Gasteiger partial charge in [-0.25, -0.2) is 0 Å². The van der Waals surface area contributed by atoms with Crippen LogP contribution in [0, 0.1) is 32.1 Å². The summed E-state index contributed by atoms with van der Waals surface area (Å²) in [5.74, 6) is -0.908. The number of hydrogen-bond acceptors (Lipinski definition) is 5. The summed E-state index contributed by atoms with van der Waals surface area (Å²) in [6.07, 6.45) is 0. The number of amides is 2. The van der Waals surface area contributed by atoms with E-state index >= 15 is 0 Å². The van der Waals surface area contributed by atoms with Gasteiger partial charge in [0.25, 0.3) is 5.91 Å². The minimum atomic E-state index is -0.573. The van der Waals surface area contributed by atoms with Gasteiger partial charge < -0.3 is 16.0 Å². The van der Waals surface area contributed by atoms with Crippen molar-refractivity contribution >= 4 is 35.0 Å². The zero-order chi connectivity index (χ0) is 27.2. The fourth-order valence-electron chi connectivity index (χ4n) is 4.49. The number of carbonyl (C=O) groups excluding carboxylic acids is 2. The third-order valence-electron chi connectivity index (χ3n) is 6.42. The van der Waals surface area contributed by atoms with Gasteiger partial charge in [-0.1, -0.05) is 78.0 Å². The van der Waals surface area contributed by atoms with Crippen LogP contribution in [-0.2, 0) is 9.59 Å². The molecule has 4 rings (SSSR count). The number of dihydropyridines is 1. The molecule has 0 bridgehead atoms. The van der Waals surface area contributed by atoms with Crippen LogP contribution in [0.5, 0.6) is 0 Å². The molecule has 7 heteroatoms. The lowest BCUT2D eigenvalue weighted by Crippen LogP contribution is -2.31. The van der Waals surface area contributed by atoms with Crippen molar-refractivity contribution in [3.63, 3.8) is 0 Å². The molecule has 192 valence electrons. The molecule has 2 amide bonds. The second-order valence-corrected chi connectivity index (χ2v) is 10.3. The Morgan fingerprint density at radius 3 is 2.26 bits per heavy atom.